The lowest BCUT2D eigenvalue weighted by atomic mass is 10.2. The van der Waals surface area contributed by atoms with Crippen LogP contribution >= 0.6 is 23.4 Å². The molecule has 2 aromatic rings. The minimum absolute atomic E-state index is 0.217. The first-order valence-corrected chi connectivity index (χ1v) is 9.40. The van der Waals surface area contributed by atoms with Crippen molar-refractivity contribution in [1.29, 1.82) is 0 Å². The Morgan fingerprint density at radius 2 is 1.81 bits per heavy atom. The first-order chi connectivity index (χ1) is 9.92. The summed E-state index contributed by atoms with van der Waals surface area (Å²) in [7, 11) is -3.59. The van der Waals surface area contributed by atoms with E-state index in [2.05, 4.69) is 4.72 Å². The average molecular weight is 342 g/mol. The maximum absolute atomic E-state index is 12.4. The number of thioether (sulfide) groups is 1. The molecule has 0 aliphatic carbocycles. The van der Waals surface area contributed by atoms with Crippen LogP contribution in [0.25, 0.3) is 0 Å². The maximum atomic E-state index is 12.4. The molecule has 0 atom stereocenters. The minimum Gasteiger partial charge on any atom is -0.207 e. The molecule has 0 unspecified atom stereocenters. The van der Waals surface area contributed by atoms with Gasteiger partial charge in [-0.25, -0.2) is 13.1 Å². The Balaban J connectivity index is 2.22. The van der Waals surface area contributed by atoms with Crippen LogP contribution in [-0.2, 0) is 16.6 Å². The van der Waals surface area contributed by atoms with Crippen LogP contribution in [0.15, 0.2) is 52.3 Å². The number of halogens is 1. The molecule has 0 spiro atoms. The molecular formula is C15H16ClNO2S2. The molecule has 0 aliphatic rings. The number of hydrogen-bond acceptors (Lipinski definition) is 3. The highest BCUT2D eigenvalue weighted by Gasteiger charge is 2.18. The van der Waals surface area contributed by atoms with Crippen molar-refractivity contribution in [3.63, 3.8) is 0 Å². The molecular weight excluding hydrogens is 326 g/mol. The van der Waals surface area contributed by atoms with Crippen molar-refractivity contribution in [1.82, 2.24) is 4.72 Å². The predicted octanol–water partition coefficient (Wildman–Crippen LogP) is 3.85. The second kappa shape index (κ2) is 6.83. The van der Waals surface area contributed by atoms with E-state index in [1.807, 2.05) is 37.4 Å². The van der Waals surface area contributed by atoms with Crippen molar-refractivity contribution >= 4 is 33.4 Å². The number of rotatable bonds is 5. The molecule has 0 saturated heterocycles. The molecule has 2 rings (SSSR count). The fourth-order valence-corrected chi connectivity index (χ4v) is 4.23. The van der Waals surface area contributed by atoms with Crippen LogP contribution < -0.4 is 4.72 Å². The number of nitrogens with one attached hydrogen (secondary N) is 1. The molecule has 2 aromatic carbocycles. The first kappa shape index (κ1) is 16.4. The van der Waals surface area contributed by atoms with Crippen molar-refractivity contribution < 1.29 is 8.42 Å². The van der Waals surface area contributed by atoms with Gasteiger partial charge in [-0.05, 0) is 36.9 Å². The Labute approximate surface area is 134 Å². The highest BCUT2D eigenvalue weighted by Crippen LogP contribution is 2.27. The van der Waals surface area contributed by atoms with Crippen molar-refractivity contribution in [3.05, 3.63) is 58.6 Å². The highest BCUT2D eigenvalue weighted by atomic mass is 35.5. The normalized spacial score (nSPS) is 11.6. The molecule has 0 saturated carbocycles. The summed E-state index contributed by atoms with van der Waals surface area (Å²) in [4.78, 5) is 0.894. The second-order valence-electron chi connectivity index (χ2n) is 4.61. The van der Waals surface area contributed by atoms with Gasteiger partial charge in [0, 0.05) is 16.5 Å². The van der Waals surface area contributed by atoms with E-state index in [0.29, 0.717) is 9.92 Å². The summed E-state index contributed by atoms with van der Waals surface area (Å²) in [6, 6.07) is 12.6. The van der Waals surface area contributed by atoms with E-state index < -0.39 is 10.0 Å². The third-order valence-electron chi connectivity index (χ3n) is 3.00. The zero-order valence-electron chi connectivity index (χ0n) is 11.8. The number of aryl methyl sites for hydroxylation is 1. The van der Waals surface area contributed by atoms with E-state index in [1.165, 1.54) is 17.8 Å². The summed E-state index contributed by atoms with van der Waals surface area (Å²) < 4.78 is 27.5. The maximum Gasteiger partial charge on any atom is 0.242 e. The van der Waals surface area contributed by atoms with Crippen LogP contribution in [0.1, 0.15) is 11.1 Å². The number of sulfonamides is 1. The van der Waals surface area contributed by atoms with Crippen molar-refractivity contribution in [3.8, 4) is 0 Å². The largest absolute Gasteiger partial charge is 0.242 e. The molecule has 0 bridgehead atoms. The van der Waals surface area contributed by atoms with Crippen LogP contribution in [0.2, 0.25) is 5.02 Å². The number of hydrogen-bond donors (Lipinski definition) is 1. The SMILES string of the molecule is CSc1ccc(Cl)cc1S(=O)(=O)NCc1ccc(C)cc1. The molecule has 112 valence electrons. The average Bonchev–Trinajstić information content (AvgIpc) is 2.47. The number of benzene rings is 2. The second-order valence-corrected chi connectivity index (χ2v) is 7.63. The molecule has 21 heavy (non-hydrogen) atoms. The lowest BCUT2D eigenvalue weighted by Crippen LogP contribution is -2.23. The quantitative estimate of drug-likeness (QED) is 0.840. The van der Waals surface area contributed by atoms with Gasteiger partial charge in [0.25, 0.3) is 0 Å². The van der Waals surface area contributed by atoms with Gasteiger partial charge in [0.2, 0.25) is 10.0 Å². The molecule has 0 aromatic heterocycles. The first-order valence-electron chi connectivity index (χ1n) is 6.31. The fraction of sp³-hybridized carbons (Fsp3) is 0.200. The van der Waals surface area contributed by atoms with E-state index in [4.69, 9.17) is 11.6 Å². The van der Waals surface area contributed by atoms with Gasteiger partial charge in [0.05, 0.1) is 4.90 Å². The monoisotopic (exact) mass is 341 g/mol. The summed E-state index contributed by atoms with van der Waals surface area (Å²) in [5, 5.41) is 0.406. The van der Waals surface area contributed by atoms with Gasteiger partial charge in [-0.15, -0.1) is 11.8 Å². The molecule has 1 N–H and O–H groups in total. The third kappa shape index (κ3) is 4.23. The van der Waals surface area contributed by atoms with Crippen LogP contribution in [0.3, 0.4) is 0 Å². The Morgan fingerprint density at radius 3 is 2.43 bits per heavy atom. The van der Waals surface area contributed by atoms with Crippen LogP contribution in [0, 0.1) is 6.92 Å². The zero-order chi connectivity index (χ0) is 15.5. The van der Waals surface area contributed by atoms with E-state index >= 15 is 0 Å². The van der Waals surface area contributed by atoms with E-state index in [0.717, 1.165) is 11.1 Å². The Morgan fingerprint density at radius 1 is 1.14 bits per heavy atom. The van der Waals surface area contributed by atoms with Crippen molar-refractivity contribution in [2.24, 2.45) is 0 Å². The van der Waals surface area contributed by atoms with Gasteiger partial charge in [-0.3, -0.25) is 0 Å². The fourth-order valence-electron chi connectivity index (χ4n) is 1.82. The molecule has 0 radical (unpaired) electrons. The smallest absolute Gasteiger partial charge is 0.207 e. The zero-order valence-corrected chi connectivity index (χ0v) is 14.1. The molecule has 0 amide bonds. The molecule has 0 fully saturated rings. The third-order valence-corrected chi connectivity index (χ3v) is 5.60. The van der Waals surface area contributed by atoms with Crippen LogP contribution in [0.5, 0.6) is 0 Å². The summed E-state index contributed by atoms with van der Waals surface area (Å²) >= 11 is 7.29. The topological polar surface area (TPSA) is 46.2 Å². The molecule has 0 heterocycles. The van der Waals surface area contributed by atoms with Crippen molar-refractivity contribution in [2.45, 2.75) is 23.3 Å². The standard InChI is InChI=1S/C15H16ClNO2S2/c1-11-3-5-12(6-4-11)10-17-21(18,19)15-9-13(16)7-8-14(15)20-2/h3-9,17H,10H2,1-2H3. The highest BCUT2D eigenvalue weighted by molar-refractivity contribution is 7.99. The Hall–Kier alpha value is -1.01. The lowest BCUT2D eigenvalue weighted by Gasteiger charge is -2.11. The van der Waals surface area contributed by atoms with Gasteiger partial charge >= 0.3 is 0 Å². The van der Waals surface area contributed by atoms with Gasteiger partial charge in [0.15, 0.2) is 0 Å². The van der Waals surface area contributed by atoms with Crippen molar-refractivity contribution in [2.75, 3.05) is 6.26 Å². The summed E-state index contributed by atoms with van der Waals surface area (Å²) in [6.07, 6.45) is 1.84. The molecule has 0 aliphatic heterocycles. The molecule has 6 heteroatoms. The lowest BCUT2D eigenvalue weighted by molar-refractivity contribution is 0.579. The predicted molar refractivity (Wildman–Crippen MR) is 88.4 cm³/mol. The van der Waals surface area contributed by atoms with E-state index in [9.17, 15) is 8.42 Å². The van der Waals surface area contributed by atoms with Gasteiger partial charge in [-0.2, -0.15) is 0 Å². The van der Waals surface area contributed by atoms with Gasteiger partial charge in [0.1, 0.15) is 0 Å². The Kier molecular flexibility index (Phi) is 5.32. The van der Waals surface area contributed by atoms with Crippen LogP contribution in [-0.4, -0.2) is 14.7 Å². The summed E-state index contributed by atoms with van der Waals surface area (Å²) in [5.74, 6) is 0. The minimum atomic E-state index is -3.59. The Bertz CT molecular complexity index is 728. The summed E-state index contributed by atoms with van der Waals surface area (Å²) in [5.41, 5.74) is 2.05. The summed E-state index contributed by atoms with van der Waals surface area (Å²) in [6.45, 7) is 2.24. The molecule has 3 nitrogen and oxygen atoms in total. The van der Waals surface area contributed by atoms with E-state index in [-0.39, 0.29) is 11.4 Å². The van der Waals surface area contributed by atoms with Crippen LogP contribution in [0.4, 0.5) is 0 Å². The van der Waals surface area contributed by atoms with Gasteiger partial charge in [-0.1, -0.05) is 41.4 Å². The van der Waals surface area contributed by atoms with E-state index in [1.54, 1.807) is 12.1 Å². The van der Waals surface area contributed by atoms with Gasteiger partial charge < -0.3 is 0 Å².